The van der Waals surface area contributed by atoms with Crippen molar-refractivity contribution in [2.24, 2.45) is 0 Å². The lowest BCUT2D eigenvalue weighted by atomic mass is 9.85. The number of amides is 1. The third-order valence-electron chi connectivity index (χ3n) is 5.33. The Morgan fingerprint density at radius 2 is 1.89 bits per heavy atom. The molecule has 0 saturated carbocycles. The second kappa shape index (κ2) is 7.99. The van der Waals surface area contributed by atoms with Crippen molar-refractivity contribution < 1.29 is 14.3 Å². The lowest BCUT2D eigenvalue weighted by Gasteiger charge is -2.38. The molecule has 0 aliphatic carbocycles. The smallest absolute Gasteiger partial charge is 0.254 e. The van der Waals surface area contributed by atoms with Gasteiger partial charge in [-0.05, 0) is 48.1 Å². The summed E-state index contributed by atoms with van der Waals surface area (Å²) >= 11 is 6.11. The van der Waals surface area contributed by atoms with E-state index >= 15 is 0 Å². The van der Waals surface area contributed by atoms with Crippen LogP contribution in [0.3, 0.4) is 0 Å². The molecule has 1 fully saturated rings. The molecule has 5 heteroatoms. The number of likely N-dealkylation sites (tertiary alicyclic amines) is 1. The van der Waals surface area contributed by atoms with Gasteiger partial charge in [-0.1, -0.05) is 49.7 Å². The minimum Gasteiger partial charge on any atom is -0.389 e. The summed E-state index contributed by atoms with van der Waals surface area (Å²) in [5, 5.41) is 11.4. The Hall–Kier alpha value is -1.91. The Balaban J connectivity index is 1.71. The molecule has 0 radical (unpaired) electrons. The number of halogens is 2. The van der Waals surface area contributed by atoms with E-state index in [9.17, 15) is 14.3 Å². The van der Waals surface area contributed by atoms with Crippen LogP contribution in [0.1, 0.15) is 54.1 Å². The number of hydrogen-bond donors (Lipinski definition) is 1. The minimum atomic E-state index is -0.992. The van der Waals surface area contributed by atoms with Crippen LogP contribution in [0.25, 0.3) is 0 Å². The number of rotatable bonds is 4. The molecule has 1 aliphatic rings. The van der Waals surface area contributed by atoms with Crippen molar-refractivity contribution in [1.82, 2.24) is 4.90 Å². The first-order valence-electron chi connectivity index (χ1n) is 9.33. The predicted octanol–water partition coefficient (Wildman–Crippen LogP) is 4.81. The van der Waals surface area contributed by atoms with E-state index < -0.39 is 5.60 Å². The van der Waals surface area contributed by atoms with E-state index in [1.807, 2.05) is 19.9 Å². The molecule has 1 aliphatic heterocycles. The molecule has 0 spiro atoms. The Labute approximate surface area is 164 Å². The molecule has 0 atom stereocenters. The van der Waals surface area contributed by atoms with Gasteiger partial charge in [-0.2, -0.15) is 0 Å². The van der Waals surface area contributed by atoms with E-state index in [2.05, 4.69) is 0 Å². The number of piperidine rings is 1. The van der Waals surface area contributed by atoms with Crippen molar-refractivity contribution in [3.05, 3.63) is 70.0 Å². The van der Waals surface area contributed by atoms with Crippen LogP contribution >= 0.6 is 11.6 Å². The van der Waals surface area contributed by atoms with Gasteiger partial charge in [0, 0.05) is 30.1 Å². The number of carbonyl (C=O) groups is 1. The predicted molar refractivity (Wildman–Crippen MR) is 106 cm³/mol. The largest absolute Gasteiger partial charge is 0.389 e. The number of hydrogen-bond acceptors (Lipinski definition) is 2. The number of benzene rings is 2. The molecule has 1 N–H and O–H groups in total. The Kier molecular flexibility index (Phi) is 5.87. The van der Waals surface area contributed by atoms with Gasteiger partial charge < -0.3 is 10.0 Å². The normalized spacial score (nSPS) is 16.6. The van der Waals surface area contributed by atoms with Crippen LogP contribution < -0.4 is 0 Å². The van der Waals surface area contributed by atoms with E-state index in [4.69, 9.17) is 11.6 Å². The fourth-order valence-corrected chi connectivity index (χ4v) is 3.86. The molecule has 2 aromatic carbocycles. The van der Waals surface area contributed by atoms with Crippen LogP contribution in [0.4, 0.5) is 4.39 Å². The topological polar surface area (TPSA) is 40.5 Å². The molecule has 0 unspecified atom stereocenters. The number of carbonyl (C=O) groups excluding carboxylic acids is 1. The van der Waals surface area contributed by atoms with E-state index in [0.717, 1.165) is 5.56 Å². The van der Waals surface area contributed by atoms with Crippen molar-refractivity contribution in [2.45, 2.75) is 44.6 Å². The van der Waals surface area contributed by atoms with Gasteiger partial charge in [0.2, 0.25) is 0 Å². The molecule has 2 aromatic rings. The summed E-state index contributed by atoms with van der Waals surface area (Å²) in [6.45, 7) is 4.97. The first kappa shape index (κ1) is 19.8. The molecule has 3 rings (SSSR count). The van der Waals surface area contributed by atoms with E-state index in [1.165, 1.54) is 6.07 Å². The average molecular weight is 390 g/mol. The van der Waals surface area contributed by atoms with Gasteiger partial charge in [0.05, 0.1) is 5.60 Å². The fraction of sp³-hybridized carbons (Fsp3) is 0.409. The zero-order valence-electron chi connectivity index (χ0n) is 15.7. The second-order valence-corrected chi connectivity index (χ2v) is 8.11. The molecule has 144 valence electrons. The number of nitrogens with zero attached hydrogens (tertiary/aromatic N) is 1. The molecule has 27 heavy (non-hydrogen) atoms. The van der Waals surface area contributed by atoms with Crippen LogP contribution in [0.2, 0.25) is 5.02 Å². The van der Waals surface area contributed by atoms with Gasteiger partial charge in [-0.25, -0.2) is 4.39 Å². The summed E-state index contributed by atoms with van der Waals surface area (Å²) in [5.41, 5.74) is 1.11. The Morgan fingerprint density at radius 3 is 2.52 bits per heavy atom. The highest BCUT2D eigenvalue weighted by Gasteiger charge is 2.35. The van der Waals surface area contributed by atoms with E-state index in [0.29, 0.717) is 42.1 Å². The maximum Gasteiger partial charge on any atom is 0.254 e. The molecule has 1 saturated heterocycles. The first-order valence-corrected chi connectivity index (χ1v) is 9.71. The van der Waals surface area contributed by atoms with Crippen LogP contribution in [0, 0.1) is 5.82 Å². The van der Waals surface area contributed by atoms with Crippen molar-refractivity contribution in [3.8, 4) is 0 Å². The van der Waals surface area contributed by atoms with Crippen LogP contribution in [0.5, 0.6) is 0 Å². The molecular weight excluding hydrogens is 365 g/mol. The zero-order valence-corrected chi connectivity index (χ0v) is 16.5. The average Bonchev–Trinajstić information content (AvgIpc) is 2.63. The van der Waals surface area contributed by atoms with Gasteiger partial charge in [-0.15, -0.1) is 0 Å². The SMILES string of the molecule is CC(C)c1ccc(Cl)cc1C(=O)N1CCC(O)(Cc2ccccc2F)CC1. The highest BCUT2D eigenvalue weighted by Crippen LogP contribution is 2.30. The Bertz CT molecular complexity index is 829. The quantitative estimate of drug-likeness (QED) is 0.814. The van der Waals surface area contributed by atoms with E-state index in [-0.39, 0.29) is 24.1 Å². The minimum absolute atomic E-state index is 0.0610. The maximum absolute atomic E-state index is 13.9. The summed E-state index contributed by atoms with van der Waals surface area (Å²) < 4.78 is 13.9. The fourth-order valence-electron chi connectivity index (χ4n) is 3.69. The van der Waals surface area contributed by atoms with Crippen LogP contribution in [-0.2, 0) is 6.42 Å². The number of aliphatic hydroxyl groups is 1. The highest BCUT2D eigenvalue weighted by atomic mass is 35.5. The molecule has 0 bridgehead atoms. The standard InChI is InChI=1S/C22H25ClFNO2/c1-15(2)18-8-7-17(23)13-19(18)21(26)25-11-9-22(27,10-12-25)14-16-5-3-4-6-20(16)24/h3-8,13,15,27H,9-12,14H2,1-2H3. The van der Waals surface area contributed by atoms with E-state index in [1.54, 1.807) is 35.2 Å². The van der Waals surface area contributed by atoms with Crippen LogP contribution in [-0.4, -0.2) is 34.6 Å². The van der Waals surface area contributed by atoms with Crippen LogP contribution in [0.15, 0.2) is 42.5 Å². The van der Waals surface area contributed by atoms with Crippen molar-refractivity contribution in [2.75, 3.05) is 13.1 Å². The second-order valence-electron chi connectivity index (χ2n) is 7.67. The maximum atomic E-state index is 13.9. The first-order chi connectivity index (χ1) is 12.8. The van der Waals surface area contributed by atoms with Crippen molar-refractivity contribution in [1.29, 1.82) is 0 Å². The molecular formula is C22H25ClFNO2. The molecule has 3 nitrogen and oxygen atoms in total. The molecule has 1 amide bonds. The lowest BCUT2D eigenvalue weighted by Crippen LogP contribution is -2.48. The molecule has 1 heterocycles. The summed E-state index contributed by atoms with van der Waals surface area (Å²) in [5.74, 6) is -0.150. The van der Waals surface area contributed by atoms with Gasteiger partial charge >= 0.3 is 0 Å². The van der Waals surface area contributed by atoms with Crippen molar-refractivity contribution >= 4 is 17.5 Å². The lowest BCUT2D eigenvalue weighted by molar-refractivity contribution is -0.0168. The van der Waals surface area contributed by atoms with Crippen molar-refractivity contribution in [3.63, 3.8) is 0 Å². The third kappa shape index (κ3) is 4.50. The monoisotopic (exact) mass is 389 g/mol. The third-order valence-corrected chi connectivity index (χ3v) is 5.56. The van der Waals surface area contributed by atoms with Gasteiger partial charge in [-0.3, -0.25) is 4.79 Å². The van der Waals surface area contributed by atoms with Gasteiger partial charge in [0.25, 0.3) is 5.91 Å². The Morgan fingerprint density at radius 1 is 1.22 bits per heavy atom. The highest BCUT2D eigenvalue weighted by molar-refractivity contribution is 6.31. The summed E-state index contributed by atoms with van der Waals surface area (Å²) in [6, 6.07) is 11.9. The summed E-state index contributed by atoms with van der Waals surface area (Å²) in [6.07, 6.45) is 1.10. The van der Waals surface area contributed by atoms with Gasteiger partial charge in [0.1, 0.15) is 5.82 Å². The molecule has 0 aromatic heterocycles. The van der Waals surface area contributed by atoms with Gasteiger partial charge in [0.15, 0.2) is 0 Å². The summed E-state index contributed by atoms with van der Waals surface area (Å²) in [7, 11) is 0. The zero-order chi connectivity index (χ0) is 19.6. The summed E-state index contributed by atoms with van der Waals surface area (Å²) in [4.78, 5) is 14.8.